The maximum absolute atomic E-state index is 12.6. The van der Waals surface area contributed by atoms with Crippen molar-refractivity contribution < 1.29 is 17.9 Å². The van der Waals surface area contributed by atoms with Crippen molar-refractivity contribution in [1.82, 2.24) is 19.4 Å². The van der Waals surface area contributed by atoms with Crippen molar-refractivity contribution in [3.05, 3.63) is 18.0 Å². The van der Waals surface area contributed by atoms with Crippen LogP contribution in [0, 0.1) is 5.92 Å². The number of rotatable bonds is 6. The Balaban J connectivity index is 1.58. The summed E-state index contributed by atoms with van der Waals surface area (Å²) in [6.45, 7) is 5.81. The van der Waals surface area contributed by atoms with Gasteiger partial charge in [-0.25, -0.2) is 12.7 Å². The smallest absolute Gasteiger partial charge is 0.226 e. The molecule has 0 unspecified atom stereocenters. The molecule has 1 N–H and O–H groups in total. The number of hydrogen-bond acceptors (Lipinski definition) is 5. The lowest BCUT2D eigenvalue weighted by atomic mass is 9.97. The molecule has 140 valence electrons. The lowest BCUT2D eigenvalue weighted by Gasteiger charge is -2.21. The number of nitrogens with zero attached hydrogens (tertiary/aromatic N) is 3. The summed E-state index contributed by atoms with van der Waals surface area (Å²) in [5, 5.41) is 7.19. The van der Waals surface area contributed by atoms with E-state index in [1.807, 2.05) is 24.6 Å². The zero-order chi connectivity index (χ0) is 18.0. The summed E-state index contributed by atoms with van der Waals surface area (Å²) in [5.74, 6) is -0.154. The highest BCUT2D eigenvalue weighted by Crippen LogP contribution is 2.35. The van der Waals surface area contributed by atoms with Crippen LogP contribution in [0.15, 0.2) is 12.3 Å². The zero-order valence-corrected chi connectivity index (χ0v) is 15.5. The highest BCUT2D eigenvalue weighted by Gasteiger charge is 2.37. The van der Waals surface area contributed by atoms with Crippen molar-refractivity contribution in [1.29, 1.82) is 0 Å². The molecule has 2 aliphatic heterocycles. The Hall–Kier alpha value is -1.45. The third-order valence-corrected chi connectivity index (χ3v) is 6.73. The molecule has 25 heavy (non-hydrogen) atoms. The van der Waals surface area contributed by atoms with Gasteiger partial charge >= 0.3 is 0 Å². The summed E-state index contributed by atoms with van der Waals surface area (Å²) >= 11 is 0. The van der Waals surface area contributed by atoms with Gasteiger partial charge in [-0.2, -0.15) is 5.10 Å². The van der Waals surface area contributed by atoms with Gasteiger partial charge in [0.2, 0.25) is 15.9 Å². The van der Waals surface area contributed by atoms with Crippen molar-refractivity contribution in [2.75, 3.05) is 32.0 Å². The van der Waals surface area contributed by atoms with Crippen LogP contribution in [0.1, 0.15) is 44.5 Å². The minimum Gasteiger partial charge on any atom is -0.371 e. The summed E-state index contributed by atoms with van der Waals surface area (Å²) in [5.41, 5.74) is 0.912. The molecule has 0 aliphatic carbocycles. The second-order valence-electron chi connectivity index (χ2n) is 6.84. The second-order valence-corrected chi connectivity index (χ2v) is 8.93. The number of ether oxygens (including phenoxy) is 1. The first kappa shape index (κ1) is 18.3. The van der Waals surface area contributed by atoms with E-state index >= 15 is 0 Å². The first-order valence-electron chi connectivity index (χ1n) is 8.80. The Labute approximate surface area is 148 Å². The number of nitrogens with one attached hydrogen (secondary N) is 1. The van der Waals surface area contributed by atoms with E-state index in [9.17, 15) is 13.2 Å². The molecule has 1 aromatic rings. The molecule has 2 saturated heterocycles. The van der Waals surface area contributed by atoms with E-state index in [0.717, 1.165) is 5.69 Å². The molecule has 1 amide bonds. The van der Waals surface area contributed by atoms with Crippen LogP contribution < -0.4 is 5.32 Å². The minimum atomic E-state index is -3.12. The maximum Gasteiger partial charge on any atom is 0.226 e. The average Bonchev–Trinajstić information content (AvgIpc) is 3.25. The fourth-order valence-electron chi connectivity index (χ4n) is 3.51. The molecule has 0 bridgehead atoms. The van der Waals surface area contributed by atoms with Gasteiger partial charge in [0.1, 0.15) is 6.10 Å². The van der Waals surface area contributed by atoms with E-state index in [4.69, 9.17) is 4.74 Å². The Morgan fingerprint density at radius 2 is 2.28 bits per heavy atom. The highest BCUT2D eigenvalue weighted by atomic mass is 32.2. The van der Waals surface area contributed by atoms with E-state index < -0.39 is 10.0 Å². The van der Waals surface area contributed by atoms with Gasteiger partial charge < -0.3 is 10.1 Å². The molecule has 2 fully saturated rings. The number of amides is 1. The first-order chi connectivity index (χ1) is 11.9. The number of hydrogen-bond donors (Lipinski definition) is 1. The van der Waals surface area contributed by atoms with E-state index in [1.165, 1.54) is 4.31 Å². The molecule has 1 aromatic heterocycles. The van der Waals surface area contributed by atoms with Gasteiger partial charge in [0.05, 0.1) is 17.4 Å². The van der Waals surface area contributed by atoms with Crippen molar-refractivity contribution in [3.63, 3.8) is 0 Å². The SMILES string of the molecule is CC(C)n1nccc1[C@@H]1OCC[C@H]1C(=O)NCCN1CCCS1(=O)=O. The van der Waals surface area contributed by atoms with Crippen LogP contribution in [0.3, 0.4) is 0 Å². The highest BCUT2D eigenvalue weighted by molar-refractivity contribution is 7.89. The summed E-state index contributed by atoms with van der Waals surface area (Å²) < 4.78 is 32.7. The molecule has 2 aliphatic rings. The van der Waals surface area contributed by atoms with E-state index in [1.54, 1.807) is 6.20 Å². The summed E-state index contributed by atoms with van der Waals surface area (Å²) in [4.78, 5) is 12.6. The Morgan fingerprint density at radius 3 is 2.96 bits per heavy atom. The van der Waals surface area contributed by atoms with E-state index in [-0.39, 0.29) is 29.7 Å². The third kappa shape index (κ3) is 3.88. The van der Waals surface area contributed by atoms with Crippen LogP contribution in [0.4, 0.5) is 0 Å². The van der Waals surface area contributed by atoms with Crippen LogP contribution in [0.2, 0.25) is 0 Å². The third-order valence-electron chi connectivity index (χ3n) is 4.77. The van der Waals surface area contributed by atoms with Crippen LogP contribution in [0.5, 0.6) is 0 Å². The van der Waals surface area contributed by atoms with Gasteiger partial charge in [-0.3, -0.25) is 9.48 Å². The fraction of sp³-hybridized carbons (Fsp3) is 0.750. The molecule has 2 atom stereocenters. The van der Waals surface area contributed by atoms with Gasteiger partial charge in [0, 0.05) is 38.5 Å². The predicted octanol–water partition coefficient (Wildman–Crippen LogP) is 0.693. The molecule has 9 heteroatoms. The largest absolute Gasteiger partial charge is 0.371 e. The topological polar surface area (TPSA) is 93.5 Å². The Bertz CT molecular complexity index is 715. The molecule has 3 heterocycles. The van der Waals surface area contributed by atoms with Crippen molar-refractivity contribution in [2.45, 2.75) is 38.8 Å². The molecular weight excluding hydrogens is 344 g/mol. The number of carbonyl (C=O) groups excluding carboxylic acids is 1. The molecule has 8 nitrogen and oxygen atoms in total. The van der Waals surface area contributed by atoms with Gasteiger partial charge in [-0.15, -0.1) is 0 Å². The fourth-order valence-corrected chi connectivity index (χ4v) is 5.04. The van der Waals surface area contributed by atoms with Crippen molar-refractivity contribution >= 4 is 15.9 Å². The minimum absolute atomic E-state index is 0.0874. The monoisotopic (exact) mass is 370 g/mol. The quantitative estimate of drug-likeness (QED) is 0.795. The van der Waals surface area contributed by atoms with Crippen molar-refractivity contribution in [2.24, 2.45) is 5.92 Å². The Kier molecular flexibility index (Phi) is 5.45. The van der Waals surface area contributed by atoms with Gasteiger partial charge in [-0.1, -0.05) is 0 Å². The van der Waals surface area contributed by atoms with E-state index in [0.29, 0.717) is 39.1 Å². The van der Waals surface area contributed by atoms with E-state index in [2.05, 4.69) is 10.4 Å². The molecule has 0 spiro atoms. The van der Waals surface area contributed by atoms with Gasteiger partial charge in [0.15, 0.2) is 0 Å². The standard InChI is InChI=1S/C16H26N4O4S/c1-12(2)20-14(4-6-18-20)15-13(5-10-24-15)16(21)17-7-9-19-8-3-11-25(19,22)23/h4,6,12-13,15H,3,5,7-11H2,1-2H3,(H,17,21)/t13-,15-/m1/s1. The van der Waals surface area contributed by atoms with Crippen LogP contribution in [-0.2, 0) is 19.6 Å². The van der Waals surface area contributed by atoms with Crippen LogP contribution >= 0.6 is 0 Å². The first-order valence-corrected chi connectivity index (χ1v) is 10.4. The molecule has 0 radical (unpaired) electrons. The van der Waals surface area contributed by atoms with Crippen LogP contribution in [-0.4, -0.2) is 60.4 Å². The summed E-state index contributed by atoms with van der Waals surface area (Å²) in [7, 11) is -3.12. The predicted molar refractivity (Wildman–Crippen MR) is 92.4 cm³/mol. The van der Waals surface area contributed by atoms with Gasteiger partial charge in [0.25, 0.3) is 0 Å². The van der Waals surface area contributed by atoms with Crippen molar-refractivity contribution in [3.8, 4) is 0 Å². The molecule has 0 aromatic carbocycles. The van der Waals surface area contributed by atoms with Crippen LogP contribution in [0.25, 0.3) is 0 Å². The number of carbonyl (C=O) groups is 1. The van der Waals surface area contributed by atoms with Gasteiger partial charge in [-0.05, 0) is 32.8 Å². The Morgan fingerprint density at radius 1 is 1.48 bits per heavy atom. The lowest BCUT2D eigenvalue weighted by Crippen LogP contribution is -2.39. The number of sulfonamides is 1. The maximum atomic E-state index is 12.6. The summed E-state index contributed by atoms with van der Waals surface area (Å²) in [6.07, 6.45) is 2.74. The molecule has 3 rings (SSSR count). The zero-order valence-electron chi connectivity index (χ0n) is 14.7. The lowest BCUT2D eigenvalue weighted by molar-refractivity contribution is -0.126. The number of aromatic nitrogens is 2. The normalized spacial score (nSPS) is 26.4. The summed E-state index contributed by atoms with van der Waals surface area (Å²) in [6, 6.07) is 2.09. The second kappa shape index (κ2) is 7.43. The molecule has 0 saturated carbocycles. The molecular formula is C16H26N4O4S. The average molecular weight is 370 g/mol.